The third-order valence-electron chi connectivity index (χ3n) is 4.58. The van der Waals surface area contributed by atoms with E-state index in [0.29, 0.717) is 6.42 Å². The monoisotopic (exact) mass is 331 g/mol. The number of nitrogens with one attached hydrogen (secondary N) is 2. The minimum absolute atomic E-state index is 0.0160. The highest BCUT2D eigenvalue weighted by Crippen LogP contribution is 2.33. The van der Waals surface area contributed by atoms with Gasteiger partial charge in [0.05, 0.1) is 13.2 Å². The lowest BCUT2D eigenvalue weighted by Gasteiger charge is -2.25. The number of benzene rings is 1. The molecule has 0 bridgehead atoms. The summed E-state index contributed by atoms with van der Waals surface area (Å²) in [4.78, 5) is 37.1. The van der Waals surface area contributed by atoms with Gasteiger partial charge in [0, 0.05) is 13.0 Å². The van der Waals surface area contributed by atoms with E-state index in [1.807, 2.05) is 29.2 Å². The predicted molar refractivity (Wildman–Crippen MR) is 86.4 cm³/mol. The third kappa shape index (κ3) is 3.34. The van der Waals surface area contributed by atoms with Crippen LogP contribution in [0.3, 0.4) is 0 Å². The number of imide groups is 1. The summed E-state index contributed by atoms with van der Waals surface area (Å²) in [5.74, 6) is 0.445. The Labute approximate surface area is 140 Å². The summed E-state index contributed by atoms with van der Waals surface area (Å²) >= 11 is 0. The number of hydrogen-bond donors (Lipinski definition) is 2. The Balaban J connectivity index is 1.60. The maximum absolute atomic E-state index is 12.6. The van der Waals surface area contributed by atoms with Crippen LogP contribution in [0.1, 0.15) is 37.3 Å². The molecular formula is C17H21N3O4. The van der Waals surface area contributed by atoms with Crippen LogP contribution < -0.4 is 15.4 Å². The van der Waals surface area contributed by atoms with E-state index in [-0.39, 0.29) is 24.3 Å². The zero-order valence-electron chi connectivity index (χ0n) is 13.6. The number of nitrogens with zero attached hydrogens (tertiary/aromatic N) is 1. The number of carbonyl (C=O) groups is 3. The molecule has 3 rings (SSSR count). The van der Waals surface area contributed by atoms with E-state index >= 15 is 0 Å². The minimum Gasteiger partial charge on any atom is -0.497 e. The average molecular weight is 331 g/mol. The molecule has 2 unspecified atom stereocenters. The van der Waals surface area contributed by atoms with E-state index in [2.05, 4.69) is 10.6 Å². The number of hydrogen-bond acceptors (Lipinski definition) is 4. The van der Waals surface area contributed by atoms with Gasteiger partial charge in [0.1, 0.15) is 11.8 Å². The molecule has 0 saturated carbocycles. The standard InChI is InChI=1S/C17H21N3O4/c1-24-12-6-4-11(5-7-12)14-3-2-10-20(14)15(21)9-8-13-16(22)19-17(23)18-13/h4-7,13-14H,2-3,8-10H2,1H3,(H2,18,19,22,23). The molecule has 2 N–H and O–H groups in total. The van der Waals surface area contributed by atoms with Crippen molar-refractivity contribution in [1.82, 2.24) is 15.5 Å². The van der Waals surface area contributed by atoms with Crippen molar-refractivity contribution in [3.05, 3.63) is 29.8 Å². The summed E-state index contributed by atoms with van der Waals surface area (Å²) in [5.41, 5.74) is 1.09. The Morgan fingerprint density at radius 3 is 2.67 bits per heavy atom. The first kappa shape index (κ1) is 16.3. The van der Waals surface area contributed by atoms with Gasteiger partial charge in [-0.3, -0.25) is 14.9 Å². The highest BCUT2D eigenvalue weighted by molar-refractivity contribution is 6.04. The third-order valence-corrected chi connectivity index (χ3v) is 4.58. The highest BCUT2D eigenvalue weighted by Gasteiger charge is 2.33. The maximum atomic E-state index is 12.6. The molecule has 1 aromatic rings. The van der Waals surface area contributed by atoms with Crippen LogP contribution in [0.15, 0.2) is 24.3 Å². The lowest BCUT2D eigenvalue weighted by Crippen LogP contribution is -2.34. The van der Waals surface area contributed by atoms with Gasteiger partial charge in [0.2, 0.25) is 5.91 Å². The normalized spacial score (nSPS) is 23.1. The van der Waals surface area contributed by atoms with E-state index in [9.17, 15) is 14.4 Å². The fourth-order valence-electron chi connectivity index (χ4n) is 3.31. The second-order valence-corrected chi connectivity index (χ2v) is 6.07. The summed E-state index contributed by atoms with van der Waals surface area (Å²) < 4.78 is 5.17. The summed E-state index contributed by atoms with van der Waals surface area (Å²) in [6.07, 6.45) is 2.45. The number of ether oxygens (including phenoxy) is 1. The number of amides is 4. The van der Waals surface area contributed by atoms with Gasteiger partial charge < -0.3 is 15.0 Å². The molecule has 7 heteroatoms. The Bertz CT molecular complexity index is 644. The quantitative estimate of drug-likeness (QED) is 0.797. The van der Waals surface area contributed by atoms with E-state index in [0.717, 1.165) is 30.7 Å². The van der Waals surface area contributed by atoms with Crippen LogP contribution in [0.25, 0.3) is 0 Å². The van der Waals surface area contributed by atoms with E-state index in [4.69, 9.17) is 4.74 Å². The maximum Gasteiger partial charge on any atom is 0.322 e. The van der Waals surface area contributed by atoms with Crippen LogP contribution >= 0.6 is 0 Å². The van der Waals surface area contributed by atoms with E-state index in [1.54, 1.807) is 7.11 Å². The first-order chi connectivity index (χ1) is 11.6. The molecule has 2 saturated heterocycles. The zero-order chi connectivity index (χ0) is 17.1. The smallest absolute Gasteiger partial charge is 0.322 e. The molecule has 0 spiro atoms. The second-order valence-electron chi connectivity index (χ2n) is 6.07. The summed E-state index contributed by atoms with van der Waals surface area (Å²) in [5, 5.41) is 4.70. The van der Waals surface area contributed by atoms with Crippen LogP contribution in [0.5, 0.6) is 5.75 Å². The number of urea groups is 1. The second kappa shape index (κ2) is 6.90. The Kier molecular flexibility index (Phi) is 4.69. The molecule has 0 radical (unpaired) electrons. The van der Waals surface area contributed by atoms with Crippen molar-refractivity contribution in [3.8, 4) is 5.75 Å². The van der Waals surface area contributed by atoms with Gasteiger partial charge >= 0.3 is 6.03 Å². The van der Waals surface area contributed by atoms with Gasteiger partial charge in [0.15, 0.2) is 0 Å². The van der Waals surface area contributed by atoms with Gasteiger partial charge in [0.25, 0.3) is 5.91 Å². The van der Waals surface area contributed by atoms with Crippen LogP contribution in [0.2, 0.25) is 0 Å². The molecule has 2 heterocycles. The van der Waals surface area contributed by atoms with Crippen molar-refractivity contribution >= 4 is 17.8 Å². The fourth-order valence-corrected chi connectivity index (χ4v) is 3.31. The first-order valence-electron chi connectivity index (χ1n) is 8.13. The molecule has 2 aliphatic rings. The molecule has 1 aromatic carbocycles. The average Bonchev–Trinajstić information content (AvgIpc) is 3.19. The lowest BCUT2D eigenvalue weighted by atomic mass is 10.0. The lowest BCUT2D eigenvalue weighted by molar-refractivity contribution is -0.132. The minimum atomic E-state index is -0.608. The summed E-state index contributed by atoms with van der Waals surface area (Å²) in [7, 11) is 1.62. The molecule has 4 amide bonds. The van der Waals surface area contributed by atoms with Crippen molar-refractivity contribution in [2.24, 2.45) is 0 Å². The van der Waals surface area contributed by atoms with Gasteiger partial charge in [-0.05, 0) is 37.0 Å². The van der Waals surface area contributed by atoms with Crippen molar-refractivity contribution in [2.45, 2.75) is 37.8 Å². The SMILES string of the molecule is COc1ccc(C2CCCN2C(=O)CCC2NC(=O)NC2=O)cc1. The largest absolute Gasteiger partial charge is 0.497 e. The molecule has 2 atom stereocenters. The molecule has 0 aromatic heterocycles. The predicted octanol–water partition coefficient (Wildman–Crippen LogP) is 1.35. The van der Waals surface area contributed by atoms with Crippen LogP contribution in [0.4, 0.5) is 4.79 Å². The number of rotatable bonds is 5. The van der Waals surface area contributed by atoms with Crippen LogP contribution in [0, 0.1) is 0 Å². The van der Waals surface area contributed by atoms with Gasteiger partial charge in [-0.1, -0.05) is 12.1 Å². The van der Waals surface area contributed by atoms with Crippen LogP contribution in [-0.4, -0.2) is 42.4 Å². The molecule has 24 heavy (non-hydrogen) atoms. The van der Waals surface area contributed by atoms with Crippen molar-refractivity contribution in [3.63, 3.8) is 0 Å². The Hall–Kier alpha value is -2.57. The van der Waals surface area contributed by atoms with Crippen molar-refractivity contribution in [1.29, 1.82) is 0 Å². The zero-order valence-corrected chi connectivity index (χ0v) is 13.6. The van der Waals surface area contributed by atoms with Crippen molar-refractivity contribution in [2.75, 3.05) is 13.7 Å². The van der Waals surface area contributed by atoms with Crippen LogP contribution in [-0.2, 0) is 9.59 Å². The first-order valence-corrected chi connectivity index (χ1v) is 8.13. The molecule has 7 nitrogen and oxygen atoms in total. The Morgan fingerprint density at radius 1 is 1.29 bits per heavy atom. The molecule has 2 aliphatic heterocycles. The number of likely N-dealkylation sites (tertiary alicyclic amines) is 1. The topological polar surface area (TPSA) is 87.7 Å². The summed E-state index contributed by atoms with van der Waals surface area (Å²) in [6, 6.07) is 6.73. The van der Waals surface area contributed by atoms with Gasteiger partial charge in [-0.2, -0.15) is 0 Å². The van der Waals surface area contributed by atoms with E-state index in [1.165, 1.54) is 0 Å². The molecule has 0 aliphatic carbocycles. The highest BCUT2D eigenvalue weighted by atomic mass is 16.5. The summed E-state index contributed by atoms with van der Waals surface area (Å²) in [6.45, 7) is 0.721. The molecular weight excluding hydrogens is 310 g/mol. The number of methoxy groups -OCH3 is 1. The van der Waals surface area contributed by atoms with Gasteiger partial charge in [-0.15, -0.1) is 0 Å². The number of carbonyl (C=O) groups excluding carboxylic acids is 3. The fraction of sp³-hybridized carbons (Fsp3) is 0.471. The van der Waals surface area contributed by atoms with Crippen molar-refractivity contribution < 1.29 is 19.1 Å². The molecule has 2 fully saturated rings. The molecule has 128 valence electrons. The van der Waals surface area contributed by atoms with E-state index < -0.39 is 12.1 Å². The van der Waals surface area contributed by atoms with Gasteiger partial charge in [-0.25, -0.2) is 4.79 Å². The Morgan fingerprint density at radius 2 is 2.04 bits per heavy atom.